The molecule has 1 aliphatic heterocycles. The molecule has 0 bridgehead atoms. The number of benzene rings is 1. The van der Waals surface area contributed by atoms with Gasteiger partial charge in [-0.25, -0.2) is 14.8 Å². The molecule has 1 unspecified atom stereocenters. The predicted octanol–water partition coefficient (Wildman–Crippen LogP) is 4.67. The van der Waals surface area contributed by atoms with Crippen LogP contribution >= 0.6 is 11.6 Å². The van der Waals surface area contributed by atoms with E-state index in [1.54, 1.807) is 23.2 Å². The molecule has 158 valence electrons. The molecule has 0 aliphatic carbocycles. The largest absolute Gasteiger partial charge is 0.424 e. The second kappa shape index (κ2) is 9.53. The first kappa shape index (κ1) is 20.7. The number of nitrogens with zero attached hydrogens (tertiary/aromatic N) is 5. The van der Waals surface area contributed by atoms with E-state index in [0.717, 1.165) is 12.0 Å². The number of urea groups is 1. The van der Waals surface area contributed by atoms with Crippen LogP contribution in [0.25, 0.3) is 6.08 Å². The molecule has 0 saturated carbocycles. The molecule has 3 heterocycles. The van der Waals surface area contributed by atoms with Crippen LogP contribution in [0.3, 0.4) is 0 Å². The van der Waals surface area contributed by atoms with Crippen molar-refractivity contribution in [2.24, 2.45) is 5.92 Å². The first-order valence-corrected chi connectivity index (χ1v) is 10.2. The maximum Gasteiger partial charge on any atom is 0.323 e. The molecule has 0 spiro atoms. The average Bonchev–Trinajstić information content (AvgIpc) is 2.78. The van der Waals surface area contributed by atoms with Crippen molar-refractivity contribution >= 4 is 29.5 Å². The molecule has 3 aromatic rings. The molecule has 1 atom stereocenters. The van der Waals surface area contributed by atoms with E-state index in [-0.39, 0.29) is 18.0 Å². The Kier molecular flexibility index (Phi) is 6.37. The summed E-state index contributed by atoms with van der Waals surface area (Å²) in [6.45, 7) is 3.39. The summed E-state index contributed by atoms with van der Waals surface area (Å²) in [6.07, 6.45) is 7.49. The highest BCUT2D eigenvalue weighted by molar-refractivity contribution is 6.30. The van der Waals surface area contributed by atoms with E-state index >= 15 is 0 Å². The molecule has 2 amide bonds. The molecule has 9 heteroatoms. The molecular weight excluding hydrogens is 416 g/mol. The zero-order valence-electron chi connectivity index (χ0n) is 16.9. The Labute approximate surface area is 185 Å². The quantitative estimate of drug-likeness (QED) is 0.638. The molecule has 4 rings (SSSR count). The molecule has 31 heavy (non-hydrogen) atoms. The number of rotatable bonds is 4. The van der Waals surface area contributed by atoms with Gasteiger partial charge in [0.25, 0.3) is 0 Å². The second-order valence-electron chi connectivity index (χ2n) is 7.21. The van der Waals surface area contributed by atoms with Crippen LogP contribution in [0.15, 0.2) is 60.6 Å². The maximum atomic E-state index is 12.5. The smallest absolute Gasteiger partial charge is 0.323 e. The number of likely N-dealkylation sites (tertiary alicyclic amines) is 1. The first-order chi connectivity index (χ1) is 15.1. The SMILES string of the molecule is CC1CN(C(=O)Nc2cccnn2)CCC1=Cc1cccc(Oc2ncc(Cl)cn2)c1. The molecule has 0 radical (unpaired) electrons. The van der Waals surface area contributed by atoms with E-state index in [1.807, 2.05) is 24.3 Å². The normalized spacial score (nSPS) is 17.4. The highest BCUT2D eigenvalue weighted by atomic mass is 35.5. The number of piperidine rings is 1. The Morgan fingerprint density at radius 3 is 2.84 bits per heavy atom. The van der Waals surface area contributed by atoms with Gasteiger partial charge in [0.15, 0.2) is 5.82 Å². The number of hydrogen-bond acceptors (Lipinski definition) is 6. The van der Waals surface area contributed by atoms with Gasteiger partial charge < -0.3 is 9.64 Å². The summed E-state index contributed by atoms with van der Waals surface area (Å²) in [5, 5.41) is 10.9. The Bertz CT molecular complexity index is 1070. The topological polar surface area (TPSA) is 93.1 Å². The minimum Gasteiger partial charge on any atom is -0.424 e. The first-order valence-electron chi connectivity index (χ1n) is 9.86. The van der Waals surface area contributed by atoms with Crippen molar-refractivity contribution < 1.29 is 9.53 Å². The van der Waals surface area contributed by atoms with Crippen molar-refractivity contribution in [2.75, 3.05) is 18.4 Å². The lowest BCUT2D eigenvalue weighted by Crippen LogP contribution is -2.42. The van der Waals surface area contributed by atoms with Crippen molar-refractivity contribution in [3.63, 3.8) is 0 Å². The van der Waals surface area contributed by atoms with Crippen molar-refractivity contribution in [3.05, 3.63) is 71.1 Å². The molecule has 1 N–H and O–H groups in total. The maximum absolute atomic E-state index is 12.5. The van der Waals surface area contributed by atoms with E-state index in [0.29, 0.717) is 29.7 Å². The fourth-order valence-electron chi connectivity index (χ4n) is 3.35. The number of anilines is 1. The summed E-state index contributed by atoms with van der Waals surface area (Å²) in [6, 6.07) is 11.3. The number of nitrogens with one attached hydrogen (secondary N) is 1. The van der Waals surface area contributed by atoms with Gasteiger partial charge in [-0.15, -0.1) is 5.10 Å². The van der Waals surface area contributed by atoms with Crippen LogP contribution in [0, 0.1) is 5.92 Å². The Morgan fingerprint density at radius 2 is 2.10 bits per heavy atom. The fourth-order valence-corrected chi connectivity index (χ4v) is 3.44. The molecule has 1 saturated heterocycles. The van der Waals surface area contributed by atoms with Gasteiger partial charge in [-0.3, -0.25) is 5.32 Å². The van der Waals surface area contributed by atoms with Gasteiger partial charge in [0.05, 0.1) is 17.4 Å². The van der Waals surface area contributed by atoms with Crippen LogP contribution in [0.5, 0.6) is 11.8 Å². The Hall–Kier alpha value is -3.52. The highest BCUT2D eigenvalue weighted by Crippen LogP contribution is 2.27. The van der Waals surface area contributed by atoms with E-state index in [9.17, 15) is 4.79 Å². The second-order valence-corrected chi connectivity index (χ2v) is 7.65. The Morgan fingerprint density at radius 1 is 1.26 bits per heavy atom. The van der Waals surface area contributed by atoms with Crippen LogP contribution in [0.2, 0.25) is 5.02 Å². The molecular formula is C22H21ClN6O2. The predicted molar refractivity (Wildman–Crippen MR) is 118 cm³/mol. The van der Waals surface area contributed by atoms with Gasteiger partial charge in [0, 0.05) is 19.3 Å². The van der Waals surface area contributed by atoms with Crippen LogP contribution in [0.1, 0.15) is 18.9 Å². The lowest BCUT2D eigenvalue weighted by atomic mass is 9.91. The number of carbonyl (C=O) groups is 1. The van der Waals surface area contributed by atoms with E-state index < -0.39 is 0 Å². The number of aromatic nitrogens is 4. The van der Waals surface area contributed by atoms with Gasteiger partial charge in [-0.1, -0.05) is 42.3 Å². The molecule has 1 aromatic carbocycles. The third-order valence-corrected chi connectivity index (χ3v) is 5.10. The lowest BCUT2D eigenvalue weighted by molar-refractivity contribution is 0.197. The number of halogens is 1. The standard InChI is InChI=1S/C22H21ClN6O2/c1-15-14-29(22(30)27-20-6-3-8-26-28-20)9-7-17(15)10-16-4-2-5-19(11-16)31-21-24-12-18(23)13-25-21/h2-6,8,10-13,15H,7,9,14H2,1H3,(H,27,28,30). The summed E-state index contributed by atoms with van der Waals surface area (Å²) in [4.78, 5) is 22.4. The minimum atomic E-state index is -0.162. The van der Waals surface area contributed by atoms with E-state index in [2.05, 4.69) is 38.5 Å². The van der Waals surface area contributed by atoms with Gasteiger partial charge >= 0.3 is 12.0 Å². The third-order valence-electron chi connectivity index (χ3n) is 4.91. The van der Waals surface area contributed by atoms with Crippen molar-refractivity contribution in [1.82, 2.24) is 25.1 Å². The van der Waals surface area contributed by atoms with Gasteiger partial charge in [-0.2, -0.15) is 5.10 Å². The minimum absolute atomic E-state index is 0.162. The van der Waals surface area contributed by atoms with Crippen LogP contribution in [-0.2, 0) is 0 Å². The van der Waals surface area contributed by atoms with Crippen molar-refractivity contribution in [1.29, 1.82) is 0 Å². The lowest BCUT2D eigenvalue weighted by Gasteiger charge is -2.33. The number of carbonyl (C=O) groups excluding carboxylic acids is 1. The fraction of sp³-hybridized carbons (Fsp3) is 0.227. The summed E-state index contributed by atoms with van der Waals surface area (Å²) in [5.41, 5.74) is 2.30. The summed E-state index contributed by atoms with van der Waals surface area (Å²) in [7, 11) is 0. The molecule has 1 fully saturated rings. The molecule has 2 aromatic heterocycles. The van der Waals surface area contributed by atoms with E-state index in [4.69, 9.17) is 16.3 Å². The average molecular weight is 437 g/mol. The van der Waals surface area contributed by atoms with Gasteiger partial charge in [0.2, 0.25) is 0 Å². The number of hydrogen-bond donors (Lipinski definition) is 1. The molecule has 8 nitrogen and oxygen atoms in total. The van der Waals surface area contributed by atoms with Crippen LogP contribution < -0.4 is 10.1 Å². The Balaban J connectivity index is 1.39. The highest BCUT2D eigenvalue weighted by Gasteiger charge is 2.24. The van der Waals surface area contributed by atoms with Gasteiger partial charge in [0.1, 0.15) is 5.75 Å². The van der Waals surface area contributed by atoms with Crippen molar-refractivity contribution in [3.8, 4) is 11.8 Å². The zero-order chi connectivity index (χ0) is 21.6. The van der Waals surface area contributed by atoms with E-state index in [1.165, 1.54) is 18.0 Å². The van der Waals surface area contributed by atoms with Crippen LogP contribution in [-0.4, -0.2) is 44.2 Å². The number of amides is 2. The van der Waals surface area contributed by atoms with Crippen molar-refractivity contribution in [2.45, 2.75) is 13.3 Å². The van der Waals surface area contributed by atoms with Crippen LogP contribution in [0.4, 0.5) is 10.6 Å². The zero-order valence-corrected chi connectivity index (χ0v) is 17.7. The monoisotopic (exact) mass is 436 g/mol. The summed E-state index contributed by atoms with van der Waals surface area (Å²) < 4.78 is 5.71. The van der Waals surface area contributed by atoms with Gasteiger partial charge in [-0.05, 0) is 42.2 Å². The summed E-state index contributed by atoms with van der Waals surface area (Å²) >= 11 is 5.81. The summed E-state index contributed by atoms with van der Waals surface area (Å²) in [5.74, 6) is 1.32. The third kappa shape index (κ3) is 5.55. The number of ether oxygens (including phenoxy) is 1. The molecule has 1 aliphatic rings.